The smallest absolute Gasteiger partial charge is 0.408 e. The van der Waals surface area contributed by atoms with Crippen LogP contribution in [0.2, 0.25) is 0 Å². The standard InChI is InChI=1S/C35H36BrNO4/c36-24-23-33(39-25-29-15-7-2-8-16-29)34(40-26-30-17-9-3-10-18-30)32(22-21-28-13-5-1-6-14-28)37-35(38)41-27-31-19-11-4-12-20-31/h1-22,32-34H,23-27H2,(H,37,38)/b22-21-/t32-,33-,34-/m1/s1. The number of nitrogens with one attached hydrogen (secondary N) is 1. The molecule has 212 valence electrons. The average molecular weight is 615 g/mol. The first kappa shape index (κ1) is 30.3. The summed E-state index contributed by atoms with van der Waals surface area (Å²) in [5.74, 6) is 0. The Morgan fingerprint density at radius 1 is 0.683 bits per heavy atom. The molecule has 0 fully saturated rings. The third-order valence-corrected chi connectivity index (χ3v) is 6.96. The summed E-state index contributed by atoms with van der Waals surface area (Å²) in [7, 11) is 0. The minimum absolute atomic E-state index is 0.173. The SMILES string of the molecule is O=C(N[C@H](/C=C\c1ccccc1)[C@@H](OCc1ccccc1)[C@@H](CCBr)OCc1ccccc1)OCc1ccccc1. The fourth-order valence-corrected chi connectivity index (χ4v) is 4.81. The molecular formula is C35H36BrNO4. The van der Waals surface area contributed by atoms with E-state index in [9.17, 15) is 4.79 Å². The van der Waals surface area contributed by atoms with Gasteiger partial charge in [0.15, 0.2) is 0 Å². The number of rotatable bonds is 15. The summed E-state index contributed by atoms with van der Waals surface area (Å²) in [5.41, 5.74) is 4.04. The predicted molar refractivity (Wildman–Crippen MR) is 167 cm³/mol. The van der Waals surface area contributed by atoms with Crippen molar-refractivity contribution in [2.24, 2.45) is 0 Å². The van der Waals surface area contributed by atoms with E-state index in [-0.39, 0.29) is 12.7 Å². The minimum atomic E-state index is -0.526. The van der Waals surface area contributed by atoms with Gasteiger partial charge in [-0.1, -0.05) is 149 Å². The van der Waals surface area contributed by atoms with Gasteiger partial charge < -0.3 is 19.5 Å². The Morgan fingerprint density at radius 3 is 1.71 bits per heavy atom. The van der Waals surface area contributed by atoms with Gasteiger partial charge in [0.05, 0.1) is 25.4 Å². The zero-order chi connectivity index (χ0) is 28.5. The van der Waals surface area contributed by atoms with Crippen LogP contribution in [-0.2, 0) is 34.0 Å². The third kappa shape index (κ3) is 10.7. The quantitative estimate of drug-likeness (QED) is 0.138. The Balaban J connectivity index is 1.59. The molecule has 6 heteroatoms. The van der Waals surface area contributed by atoms with Gasteiger partial charge in [0, 0.05) is 5.33 Å². The predicted octanol–water partition coefficient (Wildman–Crippen LogP) is 7.95. The van der Waals surface area contributed by atoms with Gasteiger partial charge in [-0.3, -0.25) is 0 Å². The van der Waals surface area contributed by atoms with Crippen LogP contribution in [0.5, 0.6) is 0 Å². The molecule has 0 aliphatic carbocycles. The Hall–Kier alpha value is -3.71. The second-order valence-electron chi connectivity index (χ2n) is 9.58. The van der Waals surface area contributed by atoms with Gasteiger partial charge in [-0.05, 0) is 28.7 Å². The van der Waals surface area contributed by atoms with E-state index in [1.165, 1.54) is 0 Å². The summed E-state index contributed by atoms with van der Waals surface area (Å²) < 4.78 is 18.7. The van der Waals surface area contributed by atoms with Crippen molar-refractivity contribution in [3.63, 3.8) is 0 Å². The number of ether oxygens (including phenoxy) is 3. The van der Waals surface area contributed by atoms with E-state index in [0.29, 0.717) is 25.0 Å². The fourth-order valence-electron chi connectivity index (χ4n) is 4.36. The number of hydrogen-bond acceptors (Lipinski definition) is 4. The molecule has 0 aliphatic rings. The Morgan fingerprint density at radius 2 is 1.17 bits per heavy atom. The maximum atomic E-state index is 13.1. The number of alkyl halides is 1. The first-order valence-corrected chi connectivity index (χ1v) is 14.9. The highest BCUT2D eigenvalue weighted by Crippen LogP contribution is 2.20. The van der Waals surface area contributed by atoms with Crippen molar-refractivity contribution >= 4 is 28.1 Å². The van der Waals surface area contributed by atoms with E-state index in [2.05, 4.69) is 21.2 Å². The monoisotopic (exact) mass is 613 g/mol. The highest BCUT2D eigenvalue weighted by Gasteiger charge is 2.31. The number of hydrogen-bond donors (Lipinski definition) is 1. The van der Waals surface area contributed by atoms with Crippen LogP contribution in [0.1, 0.15) is 28.7 Å². The molecule has 0 spiro atoms. The summed E-state index contributed by atoms with van der Waals surface area (Å²) in [4.78, 5) is 13.1. The molecule has 0 aromatic heterocycles. The van der Waals surface area contributed by atoms with Crippen molar-refractivity contribution in [1.29, 1.82) is 0 Å². The van der Waals surface area contributed by atoms with Crippen LogP contribution in [0.15, 0.2) is 127 Å². The van der Waals surface area contributed by atoms with E-state index >= 15 is 0 Å². The van der Waals surface area contributed by atoms with Crippen LogP contribution in [0.4, 0.5) is 4.79 Å². The molecule has 1 amide bonds. The molecule has 4 aromatic carbocycles. The van der Waals surface area contributed by atoms with Crippen molar-refractivity contribution in [3.05, 3.63) is 150 Å². The summed E-state index contributed by atoms with van der Waals surface area (Å²) in [5, 5.41) is 3.78. The second kappa shape index (κ2) is 17.2. The van der Waals surface area contributed by atoms with Crippen molar-refractivity contribution in [1.82, 2.24) is 5.32 Å². The highest BCUT2D eigenvalue weighted by molar-refractivity contribution is 9.09. The number of alkyl carbamates (subject to hydrolysis) is 1. The molecule has 0 saturated heterocycles. The van der Waals surface area contributed by atoms with Crippen molar-refractivity contribution in [3.8, 4) is 0 Å². The van der Waals surface area contributed by atoms with Crippen LogP contribution < -0.4 is 5.32 Å². The minimum Gasteiger partial charge on any atom is -0.445 e. The Labute approximate surface area is 251 Å². The lowest BCUT2D eigenvalue weighted by Crippen LogP contribution is -2.50. The lowest BCUT2D eigenvalue weighted by molar-refractivity contribution is -0.0938. The molecule has 3 atom stereocenters. The first-order valence-electron chi connectivity index (χ1n) is 13.8. The molecular weight excluding hydrogens is 578 g/mol. The van der Waals surface area contributed by atoms with E-state index in [1.54, 1.807) is 0 Å². The van der Waals surface area contributed by atoms with Crippen molar-refractivity contribution < 1.29 is 19.0 Å². The van der Waals surface area contributed by atoms with Gasteiger partial charge in [-0.25, -0.2) is 4.79 Å². The van der Waals surface area contributed by atoms with Gasteiger partial charge in [0.1, 0.15) is 12.7 Å². The van der Waals surface area contributed by atoms with Crippen molar-refractivity contribution in [2.45, 2.75) is 44.5 Å². The van der Waals surface area contributed by atoms with Crippen LogP contribution in [0.25, 0.3) is 6.08 Å². The summed E-state index contributed by atoms with van der Waals surface area (Å²) in [6.45, 7) is 0.972. The maximum absolute atomic E-state index is 13.1. The van der Waals surface area contributed by atoms with Crippen LogP contribution in [-0.4, -0.2) is 29.7 Å². The molecule has 0 heterocycles. The topological polar surface area (TPSA) is 56.8 Å². The van der Waals surface area contributed by atoms with E-state index in [0.717, 1.165) is 22.3 Å². The van der Waals surface area contributed by atoms with Crippen LogP contribution >= 0.6 is 15.9 Å². The molecule has 41 heavy (non-hydrogen) atoms. The zero-order valence-corrected chi connectivity index (χ0v) is 24.6. The lowest BCUT2D eigenvalue weighted by Gasteiger charge is -2.32. The van der Waals surface area contributed by atoms with Gasteiger partial charge >= 0.3 is 6.09 Å². The Kier molecular flexibility index (Phi) is 12.7. The normalized spacial score (nSPS) is 13.4. The fraction of sp³-hybridized carbons (Fsp3) is 0.229. The van der Waals surface area contributed by atoms with Gasteiger partial charge in [0.25, 0.3) is 0 Å². The Bertz CT molecular complexity index is 1300. The molecule has 0 radical (unpaired) electrons. The van der Waals surface area contributed by atoms with E-state index in [4.69, 9.17) is 14.2 Å². The number of halogens is 1. The number of carbonyl (C=O) groups is 1. The third-order valence-electron chi connectivity index (χ3n) is 6.50. The number of amides is 1. The largest absolute Gasteiger partial charge is 0.445 e. The molecule has 4 aromatic rings. The second-order valence-corrected chi connectivity index (χ2v) is 10.4. The summed E-state index contributed by atoms with van der Waals surface area (Å²) >= 11 is 3.60. The van der Waals surface area contributed by atoms with E-state index in [1.807, 2.05) is 133 Å². The number of benzene rings is 4. The molecule has 0 saturated carbocycles. The van der Waals surface area contributed by atoms with Crippen molar-refractivity contribution in [2.75, 3.05) is 5.33 Å². The maximum Gasteiger partial charge on any atom is 0.408 e. The molecule has 0 aliphatic heterocycles. The summed E-state index contributed by atoms with van der Waals surface area (Å²) in [6, 6.07) is 39.1. The highest BCUT2D eigenvalue weighted by atomic mass is 79.9. The molecule has 0 bridgehead atoms. The summed E-state index contributed by atoms with van der Waals surface area (Å²) in [6.07, 6.45) is 3.29. The van der Waals surface area contributed by atoms with Crippen LogP contribution in [0, 0.1) is 0 Å². The molecule has 4 rings (SSSR count). The molecule has 0 unspecified atom stereocenters. The van der Waals surface area contributed by atoms with Gasteiger partial charge in [0.2, 0.25) is 0 Å². The number of carbonyl (C=O) groups excluding carboxylic acids is 1. The van der Waals surface area contributed by atoms with Crippen LogP contribution in [0.3, 0.4) is 0 Å². The van der Waals surface area contributed by atoms with E-state index < -0.39 is 18.2 Å². The van der Waals surface area contributed by atoms with Gasteiger partial charge in [-0.15, -0.1) is 0 Å². The lowest BCUT2D eigenvalue weighted by atomic mass is 10.0. The zero-order valence-electron chi connectivity index (χ0n) is 23.0. The first-order chi connectivity index (χ1) is 20.2. The van der Waals surface area contributed by atoms with Gasteiger partial charge in [-0.2, -0.15) is 0 Å². The average Bonchev–Trinajstić information content (AvgIpc) is 3.03. The molecule has 1 N–H and O–H groups in total. The molecule has 5 nitrogen and oxygen atoms in total.